The van der Waals surface area contributed by atoms with E-state index in [9.17, 15) is 13.5 Å². The highest BCUT2D eigenvalue weighted by Crippen LogP contribution is 2.23. The molecule has 0 saturated carbocycles. The van der Waals surface area contributed by atoms with Crippen molar-refractivity contribution in [1.82, 2.24) is 0 Å². The van der Waals surface area contributed by atoms with Crippen molar-refractivity contribution >= 4 is 25.8 Å². The molecule has 0 bridgehead atoms. The van der Waals surface area contributed by atoms with Crippen molar-refractivity contribution in [2.45, 2.75) is 31.4 Å². The molecule has 0 amide bonds. The number of benzene rings is 1. The Balaban J connectivity index is 2.75. The van der Waals surface area contributed by atoms with Crippen LogP contribution in [0.3, 0.4) is 0 Å². The number of hydrogen-bond donors (Lipinski definition) is 1. The standard InChI is InChI=1S/C13H19BrO3S/c1-10(2)18(16,17)7-6-12(9-15)11-4-3-5-13(14)8-11/h3-5,8,10,12,15H,6-7,9H2,1-2H3. The molecule has 0 aliphatic heterocycles. The third-order valence-corrected chi connectivity index (χ3v) is 5.74. The molecule has 1 aromatic rings. The van der Waals surface area contributed by atoms with Crippen LogP contribution < -0.4 is 0 Å². The second-order valence-electron chi connectivity index (χ2n) is 4.64. The molecule has 1 rings (SSSR count). The lowest BCUT2D eigenvalue weighted by Gasteiger charge is -2.16. The predicted octanol–water partition coefficient (Wildman–Crippen LogP) is 2.74. The Bertz CT molecular complexity index is 483. The molecule has 0 heterocycles. The Morgan fingerprint density at radius 1 is 1.33 bits per heavy atom. The largest absolute Gasteiger partial charge is 0.396 e. The molecule has 18 heavy (non-hydrogen) atoms. The summed E-state index contributed by atoms with van der Waals surface area (Å²) in [4.78, 5) is 0. The van der Waals surface area contributed by atoms with Crippen molar-refractivity contribution in [3.63, 3.8) is 0 Å². The highest BCUT2D eigenvalue weighted by molar-refractivity contribution is 9.10. The molecule has 1 atom stereocenters. The lowest BCUT2D eigenvalue weighted by Crippen LogP contribution is -2.20. The highest BCUT2D eigenvalue weighted by atomic mass is 79.9. The molecule has 3 nitrogen and oxygen atoms in total. The van der Waals surface area contributed by atoms with Gasteiger partial charge in [-0.3, -0.25) is 0 Å². The van der Waals surface area contributed by atoms with Crippen LogP contribution in [0.15, 0.2) is 28.7 Å². The Kier molecular flexibility index (Phi) is 5.82. The van der Waals surface area contributed by atoms with Crippen molar-refractivity contribution in [2.24, 2.45) is 0 Å². The first-order valence-corrected chi connectivity index (χ1v) is 8.45. The topological polar surface area (TPSA) is 54.4 Å². The summed E-state index contributed by atoms with van der Waals surface area (Å²) in [6, 6.07) is 7.62. The fourth-order valence-corrected chi connectivity index (χ4v) is 3.17. The molecule has 0 fully saturated rings. The molecule has 0 aliphatic rings. The van der Waals surface area contributed by atoms with Gasteiger partial charge in [0.25, 0.3) is 0 Å². The molecular formula is C13H19BrO3S. The molecule has 1 unspecified atom stereocenters. The van der Waals surface area contributed by atoms with Crippen LogP contribution in [0.2, 0.25) is 0 Å². The van der Waals surface area contributed by atoms with Gasteiger partial charge in [0.15, 0.2) is 9.84 Å². The molecule has 102 valence electrons. The maximum absolute atomic E-state index is 11.8. The summed E-state index contributed by atoms with van der Waals surface area (Å²) in [7, 11) is -3.04. The van der Waals surface area contributed by atoms with Gasteiger partial charge in [0.2, 0.25) is 0 Å². The van der Waals surface area contributed by atoms with E-state index in [2.05, 4.69) is 15.9 Å². The predicted molar refractivity (Wildman–Crippen MR) is 77.5 cm³/mol. The zero-order valence-corrected chi connectivity index (χ0v) is 13.0. The molecule has 0 saturated heterocycles. The Morgan fingerprint density at radius 3 is 2.50 bits per heavy atom. The molecule has 0 spiro atoms. The van der Waals surface area contributed by atoms with Gasteiger partial charge in [-0.1, -0.05) is 28.1 Å². The van der Waals surface area contributed by atoms with Gasteiger partial charge >= 0.3 is 0 Å². The van der Waals surface area contributed by atoms with Gasteiger partial charge < -0.3 is 5.11 Å². The van der Waals surface area contributed by atoms with Gasteiger partial charge in [-0.25, -0.2) is 8.42 Å². The molecule has 5 heteroatoms. The van der Waals surface area contributed by atoms with Crippen LogP contribution >= 0.6 is 15.9 Å². The number of rotatable bonds is 6. The number of aliphatic hydroxyl groups excluding tert-OH is 1. The highest BCUT2D eigenvalue weighted by Gasteiger charge is 2.19. The van der Waals surface area contributed by atoms with Crippen molar-refractivity contribution < 1.29 is 13.5 Å². The smallest absolute Gasteiger partial charge is 0.152 e. The Morgan fingerprint density at radius 2 is 2.00 bits per heavy atom. The summed E-state index contributed by atoms with van der Waals surface area (Å²) in [5.74, 6) is -0.0152. The zero-order valence-electron chi connectivity index (χ0n) is 10.6. The van der Waals surface area contributed by atoms with Crippen LogP contribution in [-0.2, 0) is 9.84 Å². The number of sulfone groups is 1. The first-order valence-electron chi connectivity index (χ1n) is 5.94. The van der Waals surface area contributed by atoms with Gasteiger partial charge in [0.1, 0.15) is 0 Å². The molecule has 0 aliphatic carbocycles. The normalized spacial score (nSPS) is 13.8. The fraction of sp³-hybridized carbons (Fsp3) is 0.538. The van der Waals surface area contributed by atoms with E-state index in [4.69, 9.17) is 0 Å². The monoisotopic (exact) mass is 334 g/mol. The van der Waals surface area contributed by atoms with E-state index in [1.807, 2.05) is 24.3 Å². The summed E-state index contributed by atoms with van der Waals surface area (Å²) < 4.78 is 24.5. The van der Waals surface area contributed by atoms with E-state index in [0.717, 1.165) is 10.0 Å². The molecular weight excluding hydrogens is 316 g/mol. The number of aliphatic hydroxyl groups is 1. The van der Waals surface area contributed by atoms with Crippen LogP contribution in [-0.4, -0.2) is 31.1 Å². The van der Waals surface area contributed by atoms with E-state index >= 15 is 0 Å². The van der Waals surface area contributed by atoms with Gasteiger partial charge in [-0.15, -0.1) is 0 Å². The van der Waals surface area contributed by atoms with E-state index in [0.29, 0.717) is 6.42 Å². The van der Waals surface area contributed by atoms with Crippen molar-refractivity contribution in [3.05, 3.63) is 34.3 Å². The Hall–Kier alpha value is -0.390. The zero-order chi connectivity index (χ0) is 13.8. The SMILES string of the molecule is CC(C)S(=O)(=O)CCC(CO)c1cccc(Br)c1. The van der Waals surface area contributed by atoms with Crippen molar-refractivity contribution in [2.75, 3.05) is 12.4 Å². The van der Waals surface area contributed by atoms with Crippen molar-refractivity contribution in [3.8, 4) is 0 Å². The quantitative estimate of drug-likeness (QED) is 0.870. The minimum absolute atomic E-state index is 0.0376. The average molecular weight is 335 g/mol. The van der Waals surface area contributed by atoms with Crippen LogP contribution in [0.25, 0.3) is 0 Å². The molecule has 1 N–H and O–H groups in total. The van der Waals surface area contributed by atoms with Crippen molar-refractivity contribution in [1.29, 1.82) is 0 Å². The maximum atomic E-state index is 11.8. The lowest BCUT2D eigenvalue weighted by molar-refractivity contribution is 0.262. The third-order valence-electron chi connectivity index (χ3n) is 3.01. The first kappa shape index (κ1) is 15.7. The van der Waals surface area contributed by atoms with Gasteiger partial charge in [-0.05, 0) is 38.0 Å². The van der Waals surface area contributed by atoms with E-state index in [1.165, 1.54) is 0 Å². The van der Waals surface area contributed by atoms with Gasteiger partial charge in [-0.2, -0.15) is 0 Å². The lowest BCUT2D eigenvalue weighted by atomic mass is 9.98. The van der Waals surface area contributed by atoms with Crippen LogP contribution in [0, 0.1) is 0 Å². The van der Waals surface area contributed by atoms with Gasteiger partial charge in [0, 0.05) is 17.0 Å². The number of halogens is 1. The summed E-state index contributed by atoms with van der Waals surface area (Å²) in [6.07, 6.45) is 0.452. The van der Waals surface area contributed by atoms with E-state index < -0.39 is 9.84 Å². The molecule has 0 radical (unpaired) electrons. The van der Waals surface area contributed by atoms with Crippen LogP contribution in [0.1, 0.15) is 31.7 Å². The molecule has 1 aromatic carbocycles. The van der Waals surface area contributed by atoms with E-state index in [-0.39, 0.29) is 23.5 Å². The second kappa shape index (κ2) is 6.68. The summed E-state index contributed by atoms with van der Waals surface area (Å²) in [5.41, 5.74) is 0.964. The minimum atomic E-state index is -3.04. The molecule has 0 aromatic heterocycles. The Labute approximate surface area is 117 Å². The second-order valence-corrected chi connectivity index (χ2v) is 8.23. The fourth-order valence-electron chi connectivity index (χ4n) is 1.67. The third kappa shape index (κ3) is 4.37. The summed E-state index contributed by atoms with van der Waals surface area (Å²) in [5, 5.41) is 9.03. The number of hydrogen-bond acceptors (Lipinski definition) is 3. The van der Waals surface area contributed by atoms with Crippen LogP contribution in [0.5, 0.6) is 0 Å². The first-order chi connectivity index (χ1) is 8.36. The minimum Gasteiger partial charge on any atom is -0.396 e. The van der Waals surface area contributed by atoms with Gasteiger partial charge in [0.05, 0.1) is 11.0 Å². The summed E-state index contributed by atoms with van der Waals surface area (Å²) >= 11 is 3.37. The summed E-state index contributed by atoms with van der Waals surface area (Å²) in [6.45, 7) is 3.33. The van der Waals surface area contributed by atoms with E-state index in [1.54, 1.807) is 13.8 Å². The maximum Gasteiger partial charge on any atom is 0.152 e. The van der Waals surface area contributed by atoms with Crippen LogP contribution in [0.4, 0.5) is 0 Å². The average Bonchev–Trinajstić information content (AvgIpc) is 2.29.